The lowest BCUT2D eigenvalue weighted by atomic mass is 10.1. The van der Waals surface area contributed by atoms with Gasteiger partial charge in [-0.05, 0) is 55.3 Å². The fourth-order valence-corrected chi connectivity index (χ4v) is 3.63. The van der Waals surface area contributed by atoms with Crippen LogP contribution >= 0.6 is 0 Å². The first-order chi connectivity index (χ1) is 15.0. The Hall–Kier alpha value is -3.61. The molecule has 0 aliphatic heterocycles. The summed E-state index contributed by atoms with van der Waals surface area (Å²) in [5.41, 5.74) is 6.43. The van der Waals surface area contributed by atoms with Crippen LogP contribution in [-0.4, -0.2) is 32.4 Å². The van der Waals surface area contributed by atoms with Gasteiger partial charge in [-0.25, -0.2) is 4.98 Å². The van der Waals surface area contributed by atoms with Gasteiger partial charge in [-0.15, -0.1) is 0 Å². The summed E-state index contributed by atoms with van der Waals surface area (Å²) in [6.45, 7) is 5.17. The summed E-state index contributed by atoms with van der Waals surface area (Å²) in [5, 5.41) is 4.55. The van der Waals surface area contributed by atoms with E-state index in [-0.39, 0.29) is 19.0 Å². The van der Waals surface area contributed by atoms with Gasteiger partial charge in [-0.3, -0.25) is 9.48 Å². The van der Waals surface area contributed by atoms with Crippen molar-refractivity contribution in [2.24, 2.45) is 7.05 Å². The molecule has 0 bridgehead atoms. The Kier molecular flexibility index (Phi) is 5.75. The Balaban J connectivity index is 1.43. The Morgan fingerprint density at radius 1 is 1.13 bits per heavy atom. The van der Waals surface area contributed by atoms with E-state index in [1.807, 2.05) is 62.8 Å². The van der Waals surface area contributed by atoms with Gasteiger partial charge >= 0.3 is 5.97 Å². The van der Waals surface area contributed by atoms with E-state index in [2.05, 4.69) is 21.6 Å². The maximum absolute atomic E-state index is 12.5. The molecule has 31 heavy (non-hydrogen) atoms. The second kappa shape index (κ2) is 8.63. The highest BCUT2D eigenvalue weighted by Crippen LogP contribution is 2.30. The third kappa shape index (κ3) is 4.30. The van der Waals surface area contributed by atoms with Crippen LogP contribution in [0.2, 0.25) is 0 Å². The van der Waals surface area contributed by atoms with E-state index in [9.17, 15) is 4.79 Å². The molecule has 7 heteroatoms. The van der Waals surface area contributed by atoms with E-state index in [0.29, 0.717) is 0 Å². The summed E-state index contributed by atoms with van der Waals surface area (Å²) < 4.78 is 14.8. The lowest BCUT2D eigenvalue weighted by Crippen LogP contribution is -2.11. The Morgan fingerprint density at radius 2 is 1.97 bits per heavy atom. The molecule has 4 rings (SSSR count). The third-order valence-corrected chi connectivity index (χ3v) is 5.36. The molecular weight excluding hydrogens is 392 g/mol. The summed E-state index contributed by atoms with van der Waals surface area (Å²) in [6.07, 6.45) is 1.97. The first-order valence-electron chi connectivity index (χ1n) is 10.3. The van der Waals surface area contributed by atoms with Gasteiger partial charge in [0.2, 0.25) is 0 Å². The van der Waals surface area contributed by atoms with Gasteiger partial charge in [0.25, 0.3) is 0 Å². The molecule has 0 fully saturated rings. The minimum atomic E-state index is -0.301. The number of nitrogens with zero attached hydrogens (tertiary/aromatic N) is 4. The normalized spacial score (nSPS) is 11.1. The highest BCUT2D eigenvalue weighted by atomic mass is 16.5. The van der Waals surface area contributed by atoms with Crippen LogP contribution < -0.4 is 4.74 Å². The highest BCUT2D eigenvalue weighted by molar-refractivity contribution is 5.77. The van der Waals surface area contributed by atoms with Crippen molar-refractivity contribution in [3.05, 3.63) is 65.6 Å². The van der Waals surface area contributed by atoms with Crippen LogP contribution in [0.25, 0.3) is 22.3 Å². The van der Waals surface area contributed by atoms with Crippen LogP contribution in [0.3, 0.4) is 0 Å². The number of ether oxygens (including phenoxy) is 2. The maximum atomic E-state index is 12.5. The zero-order valence-corrected chi connectivity index (χ0v) is 18.3. The molecular formula is C24H26N4O3. The number of hydrogen-bond donors (Lipinski definition) is 0. The highest BCUT2D eigenvalue weighted by Gasteiger charge is 2.15. The van der Waals surface area contributed by atoms with Gasteiger partial charge in [0.15, 0.2) is 0 Å². The number of carbonyl (C=O) groups is 1. The number of aromatic nitrogens is 4. The van der Waals surface area contributed by atoms with E-state index in [1.54, 1.807) is 11.8 Å². The standard InChI is InChI=1S/C24H26N4O3/c1-5-28-15-25-21-11-17(7-9-22(21)28)14-31-24(29)13-18-12-20(26-27(18)3)19-8-6-16(2)10-23(19)30-4/h6-12,15H,5,13-14H2,1-4H3. The molecule has 2 aromatic carbocycles. The zero-order valence-electron chi connectivity index (χ0n) is 18.3. The van der Waals surface area contributed by atoms with E-state index in [1.165, 1.54) is 0 Å². The van der Waals surface area contributed by atoms with Crippen molar-refractivity contribution >= 4 is 17.0 Å². The number of imidazole rings is 1. The molecule has 0 unspecified atom stereocenters. The summed E-state index contributed by atoms with van der Waals surface area (Å²) in [5.74, 6) is 0.456. The monoisotopic (exact) mass is 418 g/mol. The maximum Gasteiger partial charge on any atom is 0.312 e. The first kappa shape index (κ1) is 20.7. The molecule has 4 aromatic rings. The van der Waals surface area contributed by atoms with Gasteiger partial charge < -0.3 is 14.0 Å². The van der Waals surface area contributed by atoms with E-state index in [0.717, 1.165) is 51.4 Å². The number of aryl methyl sites for hydroxylation is 3. The van der Waals surface area contributed by atoms with Gasteiger partial charge in [0.05, 0.1) is 36.6 Å². The molecule has 160 valence electrons. The molecule has 0 aliphatic carbocycles. The number of benzene rings is 2. The van der Waals surface area contributed by atoms with Crippen molar-refractivity contribution in [3.63, 3.8) is 0 Å². The lowest BCUT2D eigenvalue weighted by Gasteiger charge is -2.06. The van der Waals surface area contributed by atoms with Crippen LogP contribution in [0, 0.1) is 6.92 Å². The Bertz CT molecular complexity index is 1240. The number of rotatable bonds is 7. The molecule has 0 spiro atoms. The van der Waals surface area contributed by atoms with Crippen molar-refractivity contribution in [2.45, 2.75) is 33.4 Å². The average molecular weight is 418 g/mol. The molecule has 2 aromatic heterocycles. The third-order valence-electron chi connectivity index (χ3n) is 5.36. The van der Waals surface area contributed by atoms with E-state index < -0.39 is 0 Å². The second-order valence-electron chi connectivity index (χ2n) is 7.54. The summed E-state index contributed by atoms with van der Waals surface area (Å²) in [4.78, 5) is 16.9. The van der Waals surface area contributed by atoms with Crippen molar-refractivity contribution in [3.8, 4) is 17.0 Å². The van der Waals surface area contributed by atoms with Gasteiger partial charge in [-0.2, -0.15) is 5.10 Å². The molecule has 0 N–H and O–H groups in total. The number of esters is 1. The summed E-state index contributed by atoms with van der Waals surface area (Å²) >= 11 is 0. The minimum Gasteiger partial charge on any atom is -0.496 e. The van der Waals surface area contributed by atoms with Gasteiger partial charge in [0, 0.05) is 24.8 Å². The number of hydrogen-bond acceptors (Lipinski definition) is 5. The summed E-state index contributed by atoms with van der Waals surface area (Å²) in [6, 6.07) is 13.8. The van der Waals surface area contributed by atoms with Crippen molar-refractivity contribution < 1.29 is 14.3 Å². The zero-order chi connectivity index (χ0) is 22.0. The molecule has 0 radical (unpaired) electrons. The predicted octanol–water partition coefficient (Wildman–Crippen LogP) is 4.06. The van der Waals surface area contributed by atoms with Crippen LogP contribution in [0.4, 0.5) is 0 Å². The van der Waals surface area contributed by atoms with Crippen molar-refractivity contribution in [1.82, 2.24) is 19.3 Å². The van der Waals surface area contributed by atoms with Crippen molar-refractivity contribution in [2.75, 3.05) is 7.11 Å². The first-order valence-corrected chi connectivity index (χ1v) is 10.3. The SMILES string of the molecule is CCn1cnc2cc(COC(=O)Cc3cc(-c4ccc(C)cc4OC)nn3C)ccc21. The molecule has 0 saturated carbocycles. The minimum absolute atomic E-state index is 0.143. The fourth-order valence-electron chi connectivity index (χ4n) is 3.63. The molecule has 2 heterocycles. The van der Waals surface area contributed by atoms with E-state index in [4.69, 9.17) is 9.47 Å². The van der Waals surface area contributed by atoms with Crippen LogP contribution in [0.5, 0.6) is 5.75 Å². The van der Waals surface area contributed by atoms with Crippen LogP contribution in [0.1, 0.15) is 23.7 Å². The fraction of sp³-hybridized carbons (Fsp3) is 0.292. The topological polar surface area (TPSA) is 71.2 Å². The molecule has 0 saturated heterocycles. The van der Waals surface area contributed by atoms with Crippen LogP contribution in [0.15, 0.2) is 48.8 Å². The number of methoxy groups -OCH3 is 1. The predicted molar refractivity (Wildman–Crippen MR) is 119 cm³/mol. The van der Waals surface area contributed by atoms with Crippen molar-refractivity contribution in [1.29, 1.82) is 0 Å². The largest absolute Gasteiger partial charge is 0.496 e. The number of fused-ring (bicyclic) bond motifs is 1. The Morgan fingerprint density at radius 3 is 2.74 bits per heavy atom. The number of carbonyl (C=O) groups excluding carboxylic acids is 1. The average Bonchev–Trinajstić information content (AvgIpc) is 3.34. The second-order valence-corrected chi connectivity index (χ2v) is 7.54. The summed E-state index contributed by atoms with van der Waals surface area (Å²) in [7, 11) is 3.47. The molecule has 0 atom stereocenters. The molecule has 7 nitrogen and oxygen atoms in total. The van der Waals surface area contributed by atoms with E-state index >= 15 is 0 Å². The smallest absolute Gasteiger partial charge is 0.312 e. The molecule has 0 amide bonds. The Labute approximate surface area is 181 Å². The quantitative estimate of drug-likeness (QED) is 0.423. The molecule has 0 aliphatic rings. The van der Waals surface area contributed by atoms with Crippen LogP contribution in [-0.2, 0) is 36.2 Å². The lowest BCUT2D eigenvalue weighted by molar-refractivity contribution is -0.144. The van der Waals surface area contributed by atoms with Gasteiger partial charge in [-0.1, -0.05) is 12.1 Å². The van der Waals surface area contributed by atoms with Gasteiger partial charge in [0.1, 0.15) is 12.4 Å².